The number of nitriles is 1. The predicted octanol–water partition coefficient (Wildman–Crippen LogP) is 4.55. The number of hydrogen-bond donors (Lipinski definition) is 0. The molecule has 1 aromatic rings. The Morgan fingerprint density at radius 3 is 2.60 bits per heavy atom. The van der Waals surface area contributed by atoms with Gasteiger partial charge in [-0.25, -0.2) is 4.39 Å². The molecule has 1 aromatic carbocycles. The van der Waals surface area contributed by atoms with Crippen LogP contribution in [0.4, 0.5) is 4.39 Å². The summed E-state index contributed by atoms with van der Waals surface area (Å²) < 4.78 is 13.9. The lowest BCUT2D eigenvalue weighted by atomic mass is 9.78. The molecular formula is C18H18FN. The first kappa shape index (κ1) is 14.4. The van der Waals surface area contributed by atoms with Crippen LogP contribution in [0.5, 0.6) is 0 Å². The molecule has 1 aliphatic rings. The van der Waals surface area contributed by atoms with Crippen LogP contribution in [0.25, 0.3) is 0 Å². The van der Waals surface area contributed by atoms with Crippen LogP contribution in [0.15, 0.2) is 30.4 Å². The molecule has 102 valence electrons. The smallest absolute Gasteiger partial charge is 0.152 e. The number of benzene rings is 1. The molecule has 0 atom stereocenters. The molecule has 0 radical (unpaired) electrons. The highest BCUT2D eigenvalue weighted by atomic mass is 19.1. The van der Waals surface area contributed by atoms with E-state index < -0.39 is 0 Å². The van der Waals surface area contributed by atoms with Crippen molar-refractivity contribution < 1.29 is 4.39 Å². The monoisotopic (exact) mass is 267 g/mol. The van der Waals surface area contributed by atoms with Crippen molar-refractivity contribution in [1.29, 1.82) is 5.26 Å². The van der Waals surface area contributed by atoms with Gasteiger partial charge in [-0.3, -0.25) is 0 Å². The zero-order valence-corrected chi connectivity index (χ0v) is 11.7. The van der Waals surface area contributed by atoms with Crippen molar-refractivity contribution in [1.82, 2.24) is 0 Å². The molecule has 0 unspecified atom stereocenters. The van der Waals surface area contributed by atoms with Gasteiger partial charge in [0.15, 0.2) is 6.07 Å². The van der Waals surface area contributed by atoms with Gasteiger partial charge in [0.25, 0.3) is 0 Å². The third kappa shape index (κ3) is 3.49. The number of nitrogens with zero attached hydrogens (tertiary/aromatic N) is 1. The Balaban J connectivity index is 2.08. The van der Waals surface area contributed by atoms with E-state index in [2.05, 4.69) is 30.9 Å². The summed E-state index contributed by atoms with van der Waals surface area (Å²) in [6.45, 7) is 2.06. The third-order valence-corrected chi connectivity index (χ3v) is 3.95. The highest BCUT2D eigenvalue weighted by molar-refractivity contribution is 5.41. The van der Waals surface area contributed by atoms with Crippen LogP contribution in [0, 0.1) is 34.9 Å². The Kier molecular flexibility index (Phi) is 4.97. The fourth-order valence-electron chi connectivity index (χ4n) is 2.90. The van der Waals surface area contributed by atoms with Gasteiger partial charge in [0.1, 0.15) is 5.82 Å². The Morgan fingerprint density at radius 1 is 1.25 bits per heavy atom. The minimum absolute atomic E-state index is 0.304. The lowest BCUT2D eigenvalue weighted by Crippen LogP contribution is -2.12. The summed E-state index contributed by atoms with van der Waals surface area (Å²) in [6.07, 6.45) is 8.96. The van der Waals surface area contributed by atoms with E-state index in [1.165, 1.54) is 12.8 Å². The van der Waals surface area contributed by atoms with Crippen LogP contribution in [0.3, 0.4) is 0 Å². The summed E-state index contributed by atoms with van der Waals surface area (Å²) in [5.74, 6) is 5.57. The van der Waals surface area contributed by atoms with Gasteiger partial charge in [-0.1, -0.05) is 18.2 Å². The van der Waals surface area contributed by atoms with Gasteiger partial charge in [0.05, 0.1) is 5.56 Å². The first-order chi connectivity index (χ1) is 9.74. The normalized spacial score (nSPS) is 22.1. The fourth-order valence-corrected chi connectivity index (χ4v) is 2.90. The average molecular weight is 267 g/mol. The molecule has 1 aliphatic carbocycles. The van der Waals surface area contributed by atoms with Crippen LogP contribution in [0.2, 0.25) is 0 Å². The zero-order valence-electron chi connectivity index (χ0n) is 11.7. The highest BCUT2D eigenvalue weighted by Gasteiger charge is 2.21. The van der Waals surface area contributed by atoms with Crippen molar-refractivity contribution in [2.75, 3.05) is 0 Å². The molecule has 1 fully saturated rings. The Morgan fingerprint density at radius 2 is 2.00 bits per heavy atom. The van der Waals surface area contributed by atoms with E-state index in [0.717, 1.165) is 18.4 Å². The largest absolute Gasteiger partial charge is 0.206 e. The maximum absolute atomic E-state index is 13.9. The van der Waals surface area contributed by atoms with Crippen molar-refractivity contribution in [2.24, 2.45) is 5.92 Å². The van der Waals surface area contributed by atoms with E-state index >= 15 is 0 Å². The molecule has 20 heavy (non-hydrogen) atoms. The molecule has 0 N–H and O–H groups in total. The lowest BCUT2D eigenvalue weighted by Gasteiger charge is -2.27. The SMILES string of the molecule is C/C=C/C1CCC(c2ccc(C#CC#N)c(F)c2)CC1. The molecule has 0 heterocycles. The second-order valence-corrected chi connectivity index (χ2v) is 5.24. The number of allylic oxidation sites excluding steroid dienone is 2. The minimum atomic E-state index is -0.319. The van der Waals surface area contributed by atoms with Crippen molar-refractivity contribution in [3.05, 3.63) is 47.3 Å². The Hall–Kier alpha value is -2.06. The Bertz CT molecular complexity index is 590. The minimum Gasteiger partial charge on any atom is -0.206 e. The molecule has 0 aliphatic heterocycles. The predicted molar refractivity (Wildman–Crippen MR) is 78.4 cm³/mol. The van der Waals surface area contributed by atoms with Gasteiger partial charge in [-0.05, 0) is 68.1 Å². The topological polar surface area (TPSA) is 23.8 Å². The third-order valence-electron chi connectivity index (χ3n) is 3.95. The van der Waals surface area contributed by atoms with Crippen molar-refractivity contribution in [3.8, 4) is 17.9 Å². The summed E-state index contributed by atoms with van der Waals surface area (Å²) in [6, 6.07) is 6.93. The first-order valence-electron chi connectivity index (χ1n) is 7.07. The first-order valence-corrected chi connectivity index (χ1v) is 7.07. The van der Waals surface area contributed by atoms with Gasteiger partial charge < -0.3 is 0 Å². The molecule has 0 bridgehead atoms. The Labute approximate surface area is 120 Å². The average Bonchev–Trinajstić information content (AvgIpc) is 2.47. The van der Waals surface area contributed by atoms with E-state index in [4.69, 9.17) is 5.26 Å². The molecule has 2 heteroatoms. The van der Waals surface area contributed by atoms with Gasteiger partial charge in [-0.2, -0.15) is 5.26 Å². The van der Waals surface area contributed by atoms with E-state index in [0.29, 0.717) is 17.4 Å². The maximum atomic E-state index is 13.9. The molecule has 0 amide bonds. The summed E-state index contributed by atoms with van der Waals surface area (Å²) in [4.78, 5) is 0. The van der Waals surface area contributed by atoms with E-state index in [9.17, 15) is 4.39 Å². The summed E-state index contributed by atoms with van der Waals surface area (Å²) >= 11 is 0. The molecule has 0 aromatic heterocycles. The van der Waals surface area contributed by atoms with Crippen LogP contribution in [-0.4, -0.2) is 0 Å². The fraction of sp³-hybridized carbons (Fsp3) is 0.389. The maximum Gasteiger partial charge on any atom is 0.152 e. The number of halogens is 1. The molecule has 2 rings (SSSR count). The van der Waals surface area contributed by atoms with E-state index in [1.54, 1.807) is 18.2 Å². The van der Waals surface area contributed by atoms with Crippen LogP contribution < -0.4 is 0 Å². The van der Waals surface area contributed by atoms with E-state index in [-0.39, 0.29) is 5.82 Å². The molecule has 1 nitrogen and oxygen atoms in total. The van der Waals surface area contributed by atoms with Crippen molar-refractivity contribution in [3.63, 3.8) is 0 Å². The lowest BCUT2D eigenvalue weighted by molar-refractivity contribution is 0.375. The van der Waals surface area contributed by atoms with Crippen LogP contribution in [-0.2, 0) is 0 Å². The summed E-state index contributed by atoms with van der Waals surface area (Å²) in [5, 5.41) is 8.39. The summed E-state index contributed by atoms with van der Waals surface area (Å²) in [5.41, 5.74) is 1.36. The second-order valence-electron chi connectivity index (χ2n) is 5.24. The van der Waals surface area contributed by atoms with Crippen molar-refractivity contribution >= 4 is 0 Å². The van der Waals surface area contributed by atoms with Gasteiger partial charge in [0.2, 0.25) is 0 Å². The zero-order chi connectivity index (χ0) is 14.4. The van der Waals surface area contributed by atoms with E-state index in [1.807, 2.05) is 6.07 Å². The quantitative estimate of drug-likeness (QED) is 0.569. The van der Waals surface area contributed by atoms with Crippen LogP contribution in [0.1, 0.15) is 49.7 Å². The van der Waals surface area contributed by atoms with Gasteiger partial charge in [-0.15, -0.1) is 0 Å². The number of rotatable bonds is 2. The van der Waals surface area contributed by atoms with Crippen LogP contribution >= 0.6 is 0 Å². The standard InChI is InChI=1S/C18H18FN/c1-2-4-14-6-8-15(9-7-14)17-11-10-16(5-3-12-20)18(19)13-17/h2,4,10-11,13-15H,6-9H2,1H3/b4-2+. The molecular weight excluding hydrogens is 249 g/mol. The second kappa shape index (κ2) is 6.92. The highest BCUT2D eigenvalue weighted by Crippen LogP contribution is 2.36. The molecule has 0 saturated heterocycles. The van der Waals surface area contributed by atoms with Crippen molar-refractivity contribution in [2.45, 2.75) is 38.5 Å². The summed E-state index contributed by atoms with van der Waals surface area (Å²) in [7, 11) is 0. The molecule has 0 spiro atoms. The number of hydrogen-bond acceptors (Lipinski definition) is 1. The molecule has 1 saturated carbocycles. The van der Waals surface area contributed by atoms with Gasteiger partial charge in [0, 0.05) is 5.92 Å². The van der Waals surface area contributed by atoms with Gasteiger partial charge >= 0.3 is 0 Å².